The van der Waals surface area contributed by atoms with Crippen LogP contribution in [-0.2, 0) is 9.22 Å². The van der Waals surface area contributed by atoms with E-state index in [1.165, 1.54) is 0 Å². The van der Waals surface area contributed by atoms with Crippen LogP contribution in [0.2, 0.25) is 16.6 Å². The molecule has 0 saturated heterocycles. The second-order valence-corrected chi connectivity index (χ2v) is 11.4. The number of rotatable bonds is 7. The molecule has 0 unspecified atom stereocenters. The Labute approximate surface area is 114 Å². The topological polar surface area (TPSA) is 26.3 Å². The van der Waals surface area contributed by atoms with Crippen molar-refractivity contribution in [3.63, 3.8) is 0 Å². The molecule has 18 heavy (non-hydrogen) atoms. The van der Waals surface area contributed by atoms with E-state index in [4.69, 9.17) is 10.8 Å². The van der Waals surface area contributed by atoms with E-state index in [-0.39, 0.29) is 12.0 Å². The van der Waals surface area contributed by atoms with Crippen molar-refractivity contribution >= 4 is 14.6 Å². The molecule has 0 amide bonds. The monoisotopic (exact) mass is 268 g/mol. The molecule has 0 aromatic rings. The van der Waals surface area contributed by atoms with Crippen LogP contribution in [-0.4, -0.2) is 20.7 Å². The lowest BCUT2D eigenvalue weighted by atomic mass is 10.1. The summed E-state index contributed by atoms with van der Waals surface area (Å²) in [5, 5.41) is 0. The van der Waals surface area contributed by atoms with Crippen LogP contribution >= 0.6 is 0 Å². The molecule has 0 heterocycles. The Bertz CT molecular complexity index is 280. The standard InChI is InChI=1S/C15H28O2Si/c1-9-15(14(8)10-16)17-18(11(2)3,12(4)5)13(6)7/h1,10-15H,2-8H3/t14-,15-/m1/s1. The van der Waals surface area contributed by atoms with Crippen LogP contribution in [0.3, 0.4) is 0 Å². The molecule has 0 N–H and O–H groups in total. The first kappa shape index (κ1) is 17.4. The van der Waals surface area contributed by atoms with Crippen molar-refractivity contribution in [3.8, 4) is 12.3 Å². The zero-order chi connectivity index (χ0) is 14.5. The molecule has 2 atom stereocenters. The van der Waals surface area contributed by atoms with Gasteiger partial charge < -0.3 is 9.22 Å². The molecule has 0 aliphatic carbocycles. The molecular formula is C15H28O2Si. The van der Waals surface area contributed by atoms with Crippen LogP contribution in [0, 0.1) is 18.3 Å². The molecule has 2 nitrogen and oxygen atoms in total. The molecule has 0 aromatic heterocycles. The highest BCUT2D eigenvalue weighted by molar-refractivity contribution is 6.77. The van der Waals surface area contributed by atoms with E-state index in [0.717, 1.165) is 6.29 Å². The molecule has 3 heteroatoms. The van der Waals surface area contributed by atoms with Gasteiger partial charge in [0, 0.05) is 5.92 Å². The normalized spacial score (nSPS) is 15.8. The van der Waals surface area contributed by atoms with Gasteiger partial charge >= 0.3 is 0 Å². The zero-order valence-corrected chi connectivity index (χ0v) is 13.9. The minimum Gasteiger partial charge on any atom is -0.402 e. The maximum atomic E-state index is 10.9. The predicted molar refractivity (Wildman–Crippen MR) is 80.0 cm³/mol. The molecule has 0 rings (SSSR count). The summed E-state index contributed by atoms with van der Waals surface area (Å²) in [7, 11) is -1.99. The summed E-state index contributed by atoms with van der Waals surface area (Å²) >= 11 is 0. The average molecular weight is 268 g/mol. The largest absolute Gasteiger partial charge is 0.402 e. The fourth-order valence-corrected chi connectivity index (χ4v) is 8.53. The van der Waals surface area contributed by atoms with Crippen LogP contribution in [0.1, 0.15) is 48.5 Å². The second kappa shape index (κ2) is 7.11. The minimum atomic E-state index is -1.99. The van der Waals surface area contributed by atoms with Crippen molar-refractivity contribution in [3.05, 3.63) is 0 Å². The third-order valence-electron chi connectivity index (χ3n) is 3.89. The quantitative estimate of drug-likeness (QED) is 0.396. The summed E-state index contributed by atoms with van der Waals surface area (Å²) in [6.45, 7) is 15.1. The first-order valence-corrected chi connectivity index (χ1v) is 8.97. The maximum Gasteiger partial charge on any atom is 0.202 e. The number of hydrogen-bond donors (Lipinski definition) is 0. The molecule has 0 aliphatic rings. The lowest BCUT2D eigenvalue weighted by Crippen LogP contribution is -2.51. The highest BCUT2D eigenvalue weighted by Crippen LogP contribution is 2.43. The molecule has 0 aromatic carbocycles. The van der Waals surface area contributed by atoms with Gasteiger partial charge in [0.25, 0.3) is 0 Å². The summed E-state index contributed by atoms with van der Waals surface area (Å²) in [5.74, 6) is 2.42. The lowest BCUT2D eigenvalue weighted by molar-refractivity contribution is -0.112. The molecule has 0 saturated carbocycles. The molecule has 0 aliphatic heterocycles. The Kier molecular flexibility index (Phi) is 6.87. The SMILES string of the molecule is C#C[C@@H](O[Si](C(C)C)(C(C)C)C(C)C)[C@H](C)C=O. The van der Waals surface area contributed by atoms with E-state index in [1.54, 1.807) is 0 Å². The van der Waals surface area contributed by atoms with Gasteiger partial charge in [-0.15, -0.1) is 6.42 Å². The van der Waals surface area contributed by atoms with Gasteiger partial charge in [-0.2, -0.15) is 0 Å². The fourth-order valence-electron chi connectivity index (χ4n) is 2.99. The number of aldehydes is 1. The van der Waals surface area contributed by atoms with E-state index < -0.39 is 8.32 Å². The molecule has 104 valence electrons. The predicted octanol–water partition coefficient (Wildman–Crippen LogP) is 4.02. The maximum absolute atomic E-state index is 10.9. The van der Waals surface area contributed by atoms with Gasteiger partial charge in [-0.3, -0.25) is 0 Å². The number of terminal acetylenes is 1. The fraction of sp³-hybridized carbons (Fsp3) is 0.800. The van der Waals surface area contributed by atoms with Crippen molar-refractivity contribution in [1.29, 1.82) is 0 Å². The van der Waals surface area contributed by atoms with Gasteiger partial charge in [0.1, 0.15) is 12.4 Å². The molecule has 0 spiro atoms. The first-order valence-electron chi connectivity index (χ1n) is 6.83. The lowest BCUT2D eigenvalue weighted by Gasteiger charge is -2.44. The van der Waals surface area contributed by atoms with Gasteiger partial charge in [-0.25, -0.2) is 0 Å². The van der Waals surface area contributed by atoms with Gasteiger partial charge in [0.15, 0.2) is 0 Å². The van der Waals surface area contributed by atoms with E-state index >= 15 is 0 Å². The van der Waals surface area contributed by atoms with E-state index in [1.807, 2.05) is 6.92 Å². The molecular weight excluding hydrogens is 240 g/mol. The Morgan fingerprint density at radius 1 is 1.00 bits per heavy atom. The van der Waals surface area contributed by atoms with Crippen molar-refractivity contribution in [1.82, 2.24) is 0 Å². The smallest absolute Gasteiger partial charge is 0.202 e. The van der Waals surface area contributed by atoms with Crippen molar-refractivity contribution in [2.24, 2.45) is 5.92 Å². The average Bonchev–Trinajstić information content (AvgIpc) is 2.28. The second-order valence-electron chi connectivity index (χ2n) is 6.02. The Hall–Kier alpha value is -0.593. The zero-order valence-electron chi connectivity index (χ0n) is 12.9. The summed E-state index contributed by atoms with van der Waals surface area (Å²) in [6, 6.07) is 0. The highest BCUT2D eigenvalue weighted by atomic mass is 28.4. The molecule has 0 bridgehead atoms. The van der Waals surface area contributed by atoms with Crippen LogP contribution in [0.5, 0.6) is 0 Å². The van der Waals surface area contributed by atoms with Gasteiger partial charge in [-0.1, -0.05) is 54.4 Å². The molecule has 0 radical (unpaired) electrons. The van der Waals surface area contributed by atoms with Crippen LogP contribution in [0.4, 0.5) is 0 Å². The van der Waals surface area contributed by atoms with E-state index in [2.05, 4.69) is 47.5 Å². The first-order chi connectivity index (χ1) is 8.23. The van der Waals surface area contributed by atoms with E-state index in [9.17, 15) is 4.79 Å². The van der Waals surface area contributed by atoms with Gasteiger partial charge in [-0.05, 0) is 16.6 Å². The minimum absolute atomic E-state index is 0.238. The van der Waals surface area contributed by atoms with E-state index in [0.29, 0.717) is 16.6 Å². The highest BCUT2D eigenvalue weighted by Gasteiger charge is 2.47. The summed E-state index contributed by atoms with van der Waals surface area (Å²) < 4.78 is 6.40. The summed E-state index contributed by atoms with van der Waals surface area (Å²) in [6.07, 6.45) is 6.05. The number of carbonyl (C=O) groups excluding carboxylic acids is 1. The van der Waals surface area contributed by atoms with Crippen molar-refractivity contribution in [2.45, 2.75) is 71.2 Å². The Morgan fingerprint density at radius 2 is 1.39 bits per heavy atom. The summed E-state index contributed by atoms with van der Waals surface area (Å²) in [5.41, 5.74) is 1.44. The Morgan fingerprint density at radius 3 is 1.61 bits per heavy atom. The number of carbonyl (C=O) groups is 1. The van der Waals surface area contributed by atoms with Crippen molar-refractivity contribution in [2.75, 3.05) is 0 Å². The van der Waals surface area contributed by atoms with Gasteiger partial charge in [0.2, 0.25) is 8.32 Å². The third-order valence-corrected chi connectivity index (χ3v) is 9.97. The van der Waals surface area contributed by atoms with Gasteiger partial charge in [0.05, 0.1) is 0 Å². The third kappa shape index (κ3) is 3.46. The van der Waals surface area contributed by atoms with Crippen LogP contribution in [0.15, 0.2) is 0 Å². The Balaban J connectivity index is 5.35. The van der Waals surface area contributed by atoms with Crippen molar-refractivity contribution < 1.29 is 9.22 Å². The molecule has 0 fully saturated rings. The van der Waals surface area contributed by atoms with Crippen LogP contribution < -0.4 is 0 Å². The summed E-state index contributed by atoms with van der Waals surface area (Å²) in [4.78, 5) is 10.9. The number of hydrogen-bond acceptors (Lipinski definition) is 2. The van der Waals surface area contributed by atoms with Crippen LogP contribution in [0.25, 0.3) is 0 Å².